The van der Waals surface area contributed by atoms with Gasteiger partial charge in [0.1, 0.15) is 11.6 Å². The SMILES string of the molecule is COc1ccc(F)cc1C(=O)C(Br)CCCl. The number of rotatable bonds is 5. The van der Waals surface area contributed by atoms with Gasteiger partial charge in [-0.2, -0.15) is 0 Å². The maximum Gasteiger partial charge on any atom is 0.180 e. The Bertz CT molecular complexity index is 384. The van der Waals surface area contributed by atoms with Gasteiger partial charge in [0.25, 0.3) is 0 Å². The van der Waals surface area contributed by atoms with Gasteiger partial charge in [0, 0.05) is 5.88 Å². The molecule has 1 unspecified atom stereocenters. The number of hydrogen-bond donors (Lipinski definition) is 0. The van der Waals surface area contributed by atoms with Gasteiger partial charge in [-0.15, -0.1) is 11.6 Å². The number of benzene rings is 1. The summed E-state index contributed by atoms with van der Waals surface area (Å²) in [5, 5.41) is 0. The lowest BCUT2D eigenvalue weighted by atomic mass is 10.1. The van der Waals surface area contributed by atoms with E-state index in [2.05, 4.69) is 15.9 Å². The fourth-order valence-electron chi connectivity index (χ4n) is 1.27. The van der Waals surface area contributed by atoms with Gasteiger partial charge in [0.15, 0.2) is 5.78 Å². The highest BCUT2D eigenvalue weighted by Crippen LogP contribution is 2.24. The first-order valence-electron chi connectivity index (χ1n) is 4.68. The van der Waals surface area contributed by atoms with E-state index in [0.717, 1.165) is 0 Å². The second kappa shape index (κ2) is 6.21. The van der Waals surface area contributed by atoms with Gasteiger partial charge >= 0.3 is 0 Å². The standard InChI is InChI=1S/C11H11BrClFO2/c1-16-10-3-2-7(14)6-8(10)11(15)9(12)4-5-13/h2-3,6,9H,4-5H2,1H3. The summed E-state index contributed by atoms with van der Waals surface area (Å²) in [7, 11) is 1.44. The summed E-state index contributed by atoms with van der Waals surface area (Å²) in [5.41, 5.74) is 0.231. The van der Waals surface area contributed by atoms with Gasteiger partial charge in [-0.25, -0.2) is 4.39 Å². The minimum atomic E-state index is -0.463. The van der Waals surface area contributed by atoms with Crippen molar-refractivity contribution in [3.63, 3.8) is 0 Å². The fourth-order valence-corrected chi connectivity index (χ4v) is 2.23. The molecular formula is C11H11BrClFO2. The fraction of sp³-hybridized carbons (Fsp3) is 0.364. The number of alkyl halides is 2. The van der Waals surface area contributed by atoms with Crippen LogP contribution in [0.4, 0.5) is 4.39 Å². The largest absolute Gasteiger partial charge is 0.496 e. The van der Waals surface area contributed by atoms with E-state index >= 15 is 0 Å². The zero-order chi connectivity index (χ0) is 12.1. The third-order valence-electron chi connectivity index (χ3n) is 2.07. The summed E-state index contributed by atoms with van der Waals surface area (Å²) in [6.45, 7) is 0. The van der Waals surface area contributed by atoms with Crippen molar-refractivity contribution in [1.82, 2.24) is 0 Å². The Morgan fingerprint density at radius 1 is 1.62 bits per heavy atom. The van der Waals surface area contributed by atoms with E-state index in [1.807, 2.05) is 0 Å². The van der Waals surface area contributed by atoms with Crippen LogP contribution in [0.2, 0.25) is 0 Å². The number of ketones is 1. The van der Waals surface area contributed by atoms with E-state index in [9.17, 15) is 9.18 Å². The van der Waals surface area contributed by atoms with Crippen LogP contribution in [-0.2, 0) is 0 Å². The van der Waals surface area contributed by atoms with Crippen molar-refractivity contribution in [2.75, 3.05) is 13.0 Å². The smallest absolute Gasteiger partial charge is 0.180 e. The topological polar surface area (TPSA) is 26.3 Å². The maximum absolute atomic E-state index is 13.0. The molecule has 0 aliphatic rings. The van der Waals surface area contributed by atoms with Crippen molar-refractivity contribution in [3.8, 4) is 5.75 Å². The van der Waals surface area contributed by atoms with Gasteiger partial charge in [-0.3, -0.25) is 4.79 Å². The summed E-state index contributed by atoms with van der Waals surface area (Å²) in [6, 6.07) is 3.85. The first-order valence-corrected chi connectivity index (χ1v) is 6.13. The van der Waals surface area contributed by atoms with Crippen LogP contribution in [0.1, 0.15) is 16.8 Å². The number of halogens is 3. The highest BCUT2D eigenvalue weighted by Gasteiger charge is 2.20. The zero-order valence-electron chi connectivity index (χ0n) is 8.67. The molecule has 0 radical (unpaired) electrons. The quantitative estimate of drug-likeness (QED) is 0.615. The van der Waals surface area contributed by atoms with Crippen molar-refractivity contribution >= 4 is 33.3 Å². The maximum atomic E-state index is 13.0. The molecule has 1 rings (SSSR count). The Hall–Kier alpha value is -0.610. The summed E-state index contributed by atoms with van der Waals surface area (Å²) >= 11 is 8.76. The molecule has 0 spiro atoms. The Kier molecular flexibility index (Phi) is 5.22. The van der Waals surface area contributed by atoms with Crippen molar-refractivity contribution in [3.05, 3.63) is 29.6 Å². The lowest BCUT2D eigenvalue weighted by molar-refractivity contribution is 0.0987. The molecule has 0 aromatic heterocycles. The molecule has 88 valence electrons. The third-order valence-corrected chi connectivity index (χ3v) is 3.17. The molecule has 0 aliphatic carbocycles. The van der Waals surface area contributed by atoms with Crippen LogP contribution in [-0.4, -0.2) is 23.6 Å². The zero-order valence-corrected chi connectivity index (χ0v) is 11.0. The molecule has 5 heteroatoms. The van der Waals surface area contributed by atoms with E-state index < -0.39 is 10.6 Å². The number of hydrogen-bond acceptors (Lipinski definition) is 2. The third kappa shape index (κ3) is 3.19. The molecule has 0 saturated heterocycles. The first kappa shape index (κ1) is 13.5. The lowest BCUT2D eigenvalue weighted by Crippen LogP contribution is -2.16. The molecule has 1 aromatic carbocycles. The second-order valence-corrected chi connectivity index (χ2v) is 4.64. The highest BCUT2D eigenvalue weighted by atomic mass is 79.9. The molecule has 0 fully saturated rings. The number of ether oxygens (including phenoxy) is 1. The molecule has 2 nitrogen and oxygen atoms in total. The normalized spacial score (nSPS) is 12.2. The molecule has 0 heterocycles. The Labute approximate surface area is 107 Å². The van der Waals surface area contributed by atoms with E-state index in [1.54, 1.807) is 0 Å². The van der Waals surface area contributed by atoms with Crippen LogP contribution in [0.25, 0.3) is 0 Å². The monoisotopic (exact) mass is 308 g/mol. The van der Waals surface area contributed by atoms with Gasteiger partial charge in [-0.1, -0.05) is 15.9 Å². The van der Waals surface area contributed by atoms with Crippen LogP contribution < -0.4 is 4.74 Å². The molecule has 16 heavy (non-hydrogen) atoms. The molecule has 0 saturated carbocycles. The van der Waals surface area contributed by atoms with Gasteiger partial charge in [-0.05, 0) is 24.6 Å². The molecular weight excluding hydrogens is 298 g/mol. The Morgan fingerprint density at radius 2 is 2.31 bits per heavy atom. The van der Waals surface area contributed by atoms with Crippen LogP contribution in [0, 0.1) is 5.82 Å². The summed E-state index contributed by atoms with van der Waals surface area (Å²) in [6.07, 6.45) is 0.486. The van der Waals surface area contributed by atoms with Gasteiger partial charge in [0.05, 0.1) is 17.5 Å². The molecule has 0 bridgehead atoms. The summed E-state index contributed by atoms with van der Waals surface area (Å²) < 4.78 is 18.1. The van der Waals surface area contributed by atoms with E-state index in [-0.39, 0.29) is 11.3 Å². The molecule has 1 aromatic rings. The lowest BCUT2D eigenvalue weighted by Gasteiger charge is -2.10. The predicted octanol–water partition coefficient (Wildman–Crippen LogP) is 3.41. The molecule has 0 aliphatic heterocycles. The van der Waals surface area contributed by atoms with Crippen molar-refractivity contribution < 1.29 is 13.9 Å². The predicted molar refractivity (Wildman–Crippen MR) is 65.3 cm³/mol. The van der Waals surface area contributed by atoms with E-state index in [4.69, 9.17) is 16.3 Å². The highest BCUT2D eigenvalue weighted by molar-refractivity contribution is 9.10. The first-order chi connectivity index (χ1) is 7.60. The molecule has 0 amide bonds. The minimum absolute atomic E-state index is 0.225. The number of carbonyl (C=O) groups is 1. The minimum Gasteiger partial charge on any atom is -0.496 e. The number of methoxy groups -OCH3 is 1. The average molecular weight is 310 g/mol. The van der Waals surface area contributed by atoms with E-state index in [0.29, 0.717) is 18.1 Å². The van der Waals surface area contributed by atoms with Crippen LogP contribution in [0.5, 0.6) is 5.75 Å². The van der Waals surface area contributed by atoms with Crippen molar-refractivity contribution in [2.24, 2.45) is 0 Å². The number of Topliss-reactive ketones (excluding diaryl/α,β-unsaturated/α-hetero) is 1. The second-order valence-electron chi connectivity index (χ2n) is 3.15. The molecule has 0 N–H and O–H groups in total. The van der Waals surface area contributed by atoms with Crippen LogP contribution >= 0.6 is 27.5 Å². The number of carbonyl (C=O) groups excluding carboxylic acids is 1. The molecule has 1 atom stereocenters. The van der Waals surface area contributed by atoms with Crippen LogP contribution in [0.15, 0.2) is 18.2 Å². The summed E-state index contributed by atoms with van der Waals surface area (Å²) in [4.78, 5) is 11.5. The van der Waals surface area contributed by atoms with Crippen molar-refractivity contribution in [1.29, 1.82) is 0 Å². The Balaban J connectivity index is 3.01. The average Bonchev–Trinajstić information content (AvgIpc) is 2.28. The van der Waals surface area contributed by atoms with Crippen LogP contribution in [0.3, 0.4) is 0 Å². The Morgan fingerprint density at radius 3 is 2.88 bits per heavy atom. The van der Waals surface area contributed by atoms with Crippen molar-refractivity contribution in [2.45, 2.75) is 11.2 Å². The summed E-state index contributed by atoms with van der Waals surface area (Å²) in [5.74, 6) is 0.0383. The van der Waals surface area contributed by atoms with E-state index in [1.165, 1.54) is 25.3 Å². The van der Waals surface area contributed by atoms with Gasteiger partial charge in [0.2, 0.25) is 0 Å². The van der Waals surface area contributed by atoms with Gasteiger partial charge < -0.3 is 4.74 Å².